The van der Waals surface area contributed by atoms with Gasteiger partial charge in [-0.05, 0) is 43.4 Å². The molecule has 1 aliphatic heterocycles. The minimum atomic E-state index is 0.762. The van der Waals surface area contributed by atoms with Crippen LogP contribution in [0.3, 0.4) is 0 Å². The summed E-state index contributed by atoms with van der Waals surface area (Å²) in [6.07, 6.45) is 2.45. The van der Waals surface area contributed by atoms with E-state index in [1.165, 1.54) is 12.8 Å². The van der Waals surface area contributed by atoms with E-state index < -0.39 is 0 Å². The lowest BCUT2D eigenvalue weighted by molar-refractivity contribution is 0.322. The average Bonchev–Trinajstić information content (AvgIpc) is 2.43. The molecule has 0 spiro atoms. The Bertz CT molecular complexity index is 391. The van der Waals surface area contributed by atoms with Crippen LogP contribution in [0.2, 0.25) is 0 Å². The molecule has 2 atom stereocenters. The molecule has 0 radical (unpaired) electrons. The zero-order chi connectivity index (χ0) is 13.7. The predicted octanol–water partition coefficient (Wildman–Crippen LogP) is 3.06. The molecule has 1 aromatic rings. The molecular weight excluding hydrogens is 234 g/mol. The first-order chi connectivity index (χ1) is 9.20. The van der Waals surface area contributed by atoms with Crippen LogP contribution in [0, 0.1) is 11.8 Å². The molecule has 2 unspecified atom stereocenters. The van der Waals surface area contributed by atoms with Crippen molar-refractivity contribution in [1.29, 1.82) is 0 Å². The fourth-order valence-corrected chi connectivity index (χ4v) is 2.61. The second-order valence-electron chi connectivity index (χ2n) is 5.85. The van der Waals surface area contributed by atoms with Gasteiger partial charge in [0.15, 0.2) is 0 Å². The maximum absolute atomic E-state index is 4.79. The largest absolute Gasteiger partial charge is 0.356 e. The molecule has 0 aromatic carbocycles. The van der Waals surface area contributed by atoms with E-state index in [0.717, 1.165) is 49.5 Å². The summed E-state index contributed by atoms with van der Waals surface area (Å²) in [6.45, 7) is 11.1. The molecule has 1 aromatic heterocycles. The van der Waals surface area contributed by atoms with Crippen molar-refractivity contribution in [3.8, 4) is 0 Å². The number of anilines is 1. The molecule has 3 nitrogen and oxygen atoms in total. The minimum absolute atomic E-state index is 0.762. The van der Waals surface area contributed by atoms with E-state index in [-0.39, 0.29) is 0 Å². The summed E-state index contributed by atoms with van der Waals surface area (Å²) >= 11 is 0. The monoisotopic (exact) mass is 261 g/mol. The summed E-state index contributed by atoms with van der Waals surface area (Å²) in [7, 11) is 0. The molecule has 19 heavy (non-hydrogen) atoms. The highest BCUT2D eigenvalue weighted by atomic mass is 15.2. The average molecular weight is 261 g/mol. The molecule has 0 saturated carbocycles. The first kappa shape index (κ1) is 14.3. The number of nitrogens with one attached hydrogen (secondary N) is 1. The third-order valence-corrected chi connectivity index (χ3v) is 4.18. The standard InChI is InChI=1S/C16H27N3/c1-4-9-17-11-15-6-5-7-16(18-15)19-10-8-13(2)14(3)12-19/h5-7,13-14,17H,4,8-12H2,1-3H3. The maximum atomic E-state index is 4.79. The van der Waals surface area contributed by atoms with Crippen molar-refractivity contribution >= 4 is 5.82 Å². The molecular formula is C16H27N3. The van der Waals surface area contributed by atoms with E-state index in [1.807, 2.05) is 0 Å². The van der Waals surface area contributed by atoms with Crippen LogP contribution in [0.25, 0.3) is 0 Å². The van der Waals surface area contributed by atoms with Gasteiger partial charge in [0.05, 0.1) is 5.69 Å². The molecule has 1 fully saturated rings. The van der Waals surface area contributed by atoms with Gasteiger partial charge in [-0.1, -0.05) is 26.8 Å². The summed E-state index contributed by atoms with van der Waals surface area (Å²) < 4.78 is 0. The number of piperidine rings is 1. The first-order valence-corrected chi connectivity index (χ1v) is 7.62. The predicted molar refractivity (Wildman–Crippen MR) is 81.4 cm³/mol. The molecule has 2 rings (SSSR count). The molecule has 0 aliphatic carbocycles. The van der Waals surface area contributed by atoms with Gasteiger partial charge in [0.1, 0.15) is 5.82 Å². The highest BCUT2D eigenvalue weighted by Gasteiger charge is 2.23. The summed E-state index contributed by atoms with van der Waals surface area (Å²) in [6, 6.07) is 6.39. The van der Waals surface area contributed by atoms with Gasteiger partial charge in [-0.2, -0.15) is 0 Å². The smallest absolute Gasteiger partial charge is 0.128 e. The number of hydrogen-bond acceptors (Lipinski definition) is 3. The van der Waals surface area contributed by atoms with Crippen LogP contribution in [-0.2, 0) is 6.54 Å². The second-order valence-corrected chi connectivity index (χ2v) is 5.85. The molecule has 1 aliphatic rings. The summed E-state index contributed by atoms with van der Waals surface area (Å²) in [5.41, 5.74) is 1.15. The minimum Gasteiger partial charge on any atom is -0.356 e. The Morgan fingerprint density at radius 2 is 2.16 bits per heavy atom. The van der Waals surface area contributed by atoms with Crippen LogP contribution in [0.4, 0.5) is 5.82 Å². The molecule has 106 valence electrons. The van der Waals surface area contributed by atoms with E-state index in [4.69, 9.17) is 4.98 Å². The lowest BCUT2D eigenvalue weighted by Crippen LogP contribution is -2.39. The third kappa shape index (κ3) is 3.93. The molecule has 2 heterocycles. The van der Waals surface area contributed by atoms with Crippen molar-refractivity contribution in [1.82, 2.24) is 10.3 Å². The van der Waals surface area contributed by atoms with Crippen molar-refractivity contribution in [2.75, 3.05) is 24.5 Å². The Morgan fingerprint density at radius 1 is 1.32 bits per heavy atom. The lowest BCUT2D eigenvalue weighted by atomic mass is 9.89. The Morgan fingerprint density at radius 3 is 2.89 bits per heavy atom. The SMILES string of the molecule is CCCNCc1cccc(N2CCC(C)C(C)C2)n1. The zero-order valence-corrected chi connectivity index (χ0v) is 12.5. The van der Waals surface area contributed by atoms with E-state index in [9.17, 15) is 0 Å². The van der Waals surface area contributed by atoms with Gasteiger partial charge in [-0.15, -0.1) is 0 Å². The van der Waals surface area contributed by atoms with Crippen LogP contribution in [0.5, 0.6) is 0 Å². The van der Waals surface area contributed by atoms with Gasteiger partial charge in [0.2, 0.25) is 0 Å². The van der Waals surface area contributed by atoms with Crippen LogP contribution < -0.4 is 10.2 Å². The molecule has 1 saturated heterocycles. The van der Waals surface area contributed by atoms with Gasteiger partial charge in [-0.25, -0.2) is 4.98 Å². The number of rotatable bonds is 5. The maximum Gasteiger partial charge on any atom is 0.128 e. The van der Waals surface area contributed by atoms with Crippen molar-refractivity contribution < 1.29 is 0 Å². The van der Waals surface area contributed by atoms with E-state index in [1.54, 1.807) is 0 Å². The van der Waals surface area contributed by atoms with Crippen molar-refractivity contribution in [3.63, 3.8) is 0 Å². The van der Waals surface area contributed by atoms with E-state index in [2.05, 4.69) is 49.2 Å². The van der Waals surface area contributed by atoms with Gasteiger partial charge in [0, 0.05) is 19.6 Å². The van der Waals surface area contributed by atoms with Gasteiger partial charge in [0.25, 0.3) is 0 Å². The quantitative estimate of drug-likeness (QED) is 0.826. The van der Waals surface area contributed by atoms with Crippen molar-refractivity contribution in [3.05, 3.63) is 23.9 Å². The fraction of sp³-hybridized carbons (Fsp3) is 0.688. The van der Waals surface area contributed by atoms with Crippen molar-refractivity contribution in [2.45, 2.75) is 40.2 Å². The molecule has 0 amide bonds. The summed E-state index contributed by atoms with van der Waals surface area (Å²) in [5.74, 6) is 2.75. The molecule has 3 heteroatoms. The Kier molecular flexibility index (Phi) is 5.20. The van der Waals surface area contributed by atoms with Gasteiger partial charge >= 0.3 is 0 Å². The Balaban J connectivity index is 1.98. The normalized spacial score (nSPS) is 23.6. The summed E-state index contributed by atoms with van der Waals surface area (Å²) in [5, 5.41) is 3.42. The molecule has 1 N–H and O–H groups in total. The zero-order valence-electron chi connectivity index (χ0n) is 12.5. The number of aromatic nitrogens is 1. The number of pyridine rings is 1. The third-order valence-electron chi connectivity index (χ3n) is 4.18. The lowest BCUT2D eigenvalue weighted by Gasteiger charge is -2.36. The highest BCUT2D eigenvalue weighted by molar-refractivity contribution is 5.39. The van der Waals surface area contributed by atoms with Crippen LogP contribution in [0.15, 0.2) is 18.2 Å². The van der Waals surface area contributed by atoms with E-state index in [0.29, 0.717) is 0 Å². The van der Waals surface area contributed by atoms with E-state index >= 15 is 0 Å². The Labute approximate surface area is 117 Å². The topological polar surface area (TPSA) is 28.2 Å². The van der Waals surface area contributed by atoms with Crippen LogP contribution in [0.1, 0.15) is 39.3 Å². The molecule has 0 bridgehead atoms. The fourth-order valence-electron chi connectivity index (χ4n) is 2.61. The van der Waals surface area contributed by atoms with Crippen molar-refractivity contribution in [2.24, 2.45) is 11.8 Å². The number of nitrogens with zero attached hydrogens (tertiary/aromatic N) is 2. The van der Waals surface area contributed by atoms with Gasteiger partial charge < -0.3 is 10.2 Å². The van der Waals surface area contributed by atoms with Crippen LogP contribution in [-0.4, -0.2) is 24.6 Å². The van der Waals surface area contributed by atoms with Crippen LogP contribution >= 0.6 is 0 Å². The summed E-state index contributed by atoms with van der Waals surface area (Å²) in [4.78, 5) is 7.23. The Hall–Kier alpha value is -1.09. The number of hydrogen-bond donors (Lipinski definition) is 1. The highest BCUT2D eigenvalue weighted by Crippen LogP contribution is 2.25. The first-order valence-electron chi connectivity index (χ1n) is 7.62. The van der Waals surface area contributed by atoms with Gasteiger partial charge in [-0.3, -0.25) is 0 Å². The second kappa shape index (κ2) is 6.90.